The molecule has 1 N–H and O–H groups in total. The molecule has 0 fully saturated rings. The van der Waals surface area contributed by atoms with Crippen molar-refractivity contribution in [1.29, 1.82) is 0 Å². The highest BCUT2D eigenvalue weighted by atomic mass is 14.9. The fourth-order valence-corrected chi connectivity index (χ4v) is 0.614. The van der Waals surface area contributed by atoms with Crippen LogP contribution < -0.4 is 5.32 Å². The van der Waals surface area contributed by atoms with E-state index in [2.05, 4.69) is 23.1 Å². The van der Waals surface area contributed by atoms with Crippen LogP contribution in [0.15, 0.2) is 0 Å². The van der Waals surface area contributed by atoms with Gasteiger partial charge in [-0.3, -0.25) is 0 Å². The third kappa shape index (κ3) is 5.52. The summed E-state index contributed by atoms with van der Waals surface area (Å²) in [5, 5.41) is 3.20. The molecule has 0 aromatic rings. The van der Waals surface area contributed by atoms with E-state index in [-0.39, 0.29) is 5.54 Å². The second kappa shape index (κ2) is 4.83. The fourth-order valence-electron chi connectivity index (χ4n) is 0.614. The van der Waals surface area contributed by atoms with Crippen LogP contribution in [0.4, 0.5) is 0 Å². The molecule has 1 heteroatoms. The Hall–Kier alpha value is -0.920. The summed E-state index contributed by atoms with van der Waals surface area (Å²) >= 11 is 0. The van der Waals surface area contributed by atoms with Gasteiger partial charge in [0.2, 0.25) is 0 Å². The average molecular weight is 149 g/mol. The summed E-state index contributed by atoms with van der Waals surface area (Å²) in [6.45, 7) is 6.66. The van der Waals surface area contributed by atoms with Crippen LogP contribution in [0.5, 0.6) is 0 Å². The quantitative estimate of drug-likeness (QED) is 0.472. The largest absolute Gasteiger partial charge is 0.301 e. The average Bonchev–Trinajstić information content (AvgIpc) is 1.99. The van der Waals surface area contributed by atoms with E-state index in [4.69, 9.17) is 6.42 Å². The maximum atomic E-state index is 5.27. The zero-order valence-corrected chi connectivity index (χ0v) is 7.49. The first-order valence-electron chi connectivity index (χ1n) is 3.75. The van der Waals surface area contributed by atoms with Gasteiger partial charge in [-0.2, -0.15) is 0 Å². The molecule has 0 heterocycles. The van der Waals surface area contributed by atoms with Crippen LogP contribution in [-0.4, -0.2) is 12.1 Å². The van der Waals surface area contributed by atoms with Crippen molar-refractivity contribution in [2.24, 2.45) is 0 Å². The van der Waals surface area contributed by atoms with Gasteiger partial charge in [0.05, 0.1) is 5.54 Å². The van der Waals surface area contributed by atoms with E-state index < -0.39 is 0 Å². The number of terminal acetylenes is 1. The normalized spacial score (nSPS) is 9.64. The summed E-state index contributed by atoms with van der Waals surface area (Å²) in [6.07, 6.45) is 6.14. The topological polar surface area (TPSA) is 12.0 Å². The molecule has 11 heavy (non-hydrogen) atoms. The van der Waals surface area contributed by atoms with E-state index in [1.54, 1.807) is 0 Å². The van der Waals surface area contributed by atoms with Crippen molar-refractivity contribution in [2.75, 3.05) is 6.54 Å². The number of hydrogen-bond acceptors (Lipinski definition) is 1. The van der Waals surface area contributed by atoms with E-state index in [1.165, 1.54) is 0 Å². The van der Waals surface area contributed by atoms with Crippen molar-refractivity contribution in [3.05, 3.63) is 0 Å². The molecular weight excluding hydrogens is 134 g/mol. The molecular formula is C10H15N. The molecule has 0 saturated heterocycles. The first kappa shape index (κ1) is 10.1. The second-order valence-corrected chi connectivity index (χ2v) is 2.87. The van der Waals surface area contributed by atoms with Crippen LogP contribution in [0.25, 0.3) is 0 Å². The highest BCUT2D eigenvalue weighted by molar-refractivity contribution is 5.07. The number of rotatable bonds is 3. The van der Waals surface area contributed by atoms with Crippen molar-refractivity contribution in [3.8, 4) is 24.2 Å². The van der Waals surface area contributed by atoms with Gasteiger partial charge in [0.15, 0.2) is 0 Å². The predicted molar refractivity (Wildman–Crippen MR) is 49.0 cm³/mol. The molecule has 0 amide bonds. The molecule has 0 atom stereocenters. The van der Waals surface area contributed by atoms with E-state index in [9.17, 15) is 0 Å². The minimum atomic E-state index is -0.199. The molecule has 0 aliphatic rings. The molecule has 0 rings (SSSR count). The highest BCUT2D eigenvalue weighted by Crippen LogP contribution is 1.97. The minimum absolute atomic E-state index is 0.199. The lowest BCUT2D eigenvalue weighted by Crippen LogP contribution is -2.37. The maximum absolute atomic E-state index is 5.27. The van der Waals surface area contributed by atoms with Crippen LogP contribution in [0.1, 0.15) is 27.2 Å². The van der Waals surface area contributed by atoms with Crippen LogP contribution in [0.2, 0.25) is 0 Å². The van der Waals surface area contributed by atoms with Gasteiger partial charge >= 0.3 is 0 Å². The highest BCUT2D eigenvalue weighted by Gasteiger charge is 2.10. The Morgan fingerprint density at radius 3 is 2.55 bits per heavy atom. The molecule has 0 aromatic carbocycles. The van der Waals surface area contributed by atoms with Gasteiger partial charge in [0.1, 0.15) is 0 Å². The van der Waals surface area contributed by atoms with Gasteiger partial charge in [0, 0.05) is 13.0 Å². The van der Waals surface area contributed by atoms with Crippen LogP contribution in [0, 0.1) is 24.2 Å². The molecule has 0 radical (unpaired) electrons. The summed E-state index contributed by atoms with van der Waals surface area (Å²) in [5.41, 5.74) is -0.199. The Balaban J connectivity index is 3.53. The minimum Gasteiger partial charge on any atom is -0.301 e. The van der Waals surface area contributed by atoms with Crippen LogP contribution >= 0.6 is 0 Å². The Morgan fingerprint density at radius 2 is 2.09 bits per heavy atom. The summed E-state index contributed by atoms with van der Waals surface area (Å²) in [7, 11) is 0. The van der Waals surface area contributed by atoms with Crippen LogP contribution in [0.3, 0.4) is 0 Å². The molecule has 0 aliphatic heterocycles. The van der Waals surface area contributed by atoms with Crippen molar-refractivity contribution in [2.45, 2.75) is 32.7 Å². The number of nitrogens with one attached hydrogen (secondary N) is 1. The molecule has 0 aromatic heterocycles. The van der Waals surface area contributed by atoms with E-state index in [1.807, 2.05) is 20.8 Å². The zero-order valence-electron chi connectivity index (χ0n) is 7.49. The molecule has 0 bridgehead atoms. The third-order valence-electron chi connectivity index (χ3n) is 1.35. The predicted octanol–water partition coefficient (Wildman–Crippen LogP) is 1.40. The third-order valence-corrected chi connectivity index (χ3v) is 1.35. The zero-order chi connectivity index (χ0) is 8.74. The standard InChI is InChI=1S/C10H15N/c1-5-7-8-9-11-10(3,4)6-2/h2,11H,8-9H2,1,3-4H3. The molecule has 0 aliphatic carbocycles. The summed E-state index contributed by atoms with van der Waals surface area (Å²) in [4.78, 5) is 0. The van der Waals surface area contributed by atoms with Gasteiger partial charge < -0.3 is 5.32 Å². The van der Waals surface area contributed by atoms with Crippen molar-refractivity contribution >= 4 is 0 Å². The second-order valence-electron chi connectivity index (χ2n) is 2.87. The van der Waals surface area contributed by atoms with Gasteiger partial charge in [-0.15, -0.1) is 18.3 Å². The summed E-state index contributed by atoms with van der Waals surface area (Å²) in [6, 6.07) is 0. The first-order valence-corrected chi connectivity index (χ1v) is 3.75. The Bertz CT molecular complexity index is 197. The van der Waals surface area contributed by atoms with Gasteiger partial charge in [-0.1, -0.05) is 5.92 Å². The van der Waals surface area contributed by atoms with Crippen molar-refractivity contribution < 1.29 is 0 Å². The molecule has 0 saturated carbocycles. The Labute approximate surface area is 69.6 Å². The first-order chi connectivity index (χ1) is 5.12. The van der Waals surface area contributed by atoms with Gasteiger partial charge in [0.25, 0.3) is 0 Å². The van der Waals surface area contributed by atoms with Crippen molar-refractivity contribution in [3.63, 3.8) is 0 Å². The lowest BCUT2D eigenvalue weighted by molar-refractivity contribution is 0.500. The molecule has 60 valence electrons. The van der Waals surface area contributed by atoms with Crippen molar-refractivity contribution in [1.82, 2.24) is 5.32 Å². The van der Waals surface area contributed by atoms with E-state index >= 15 is 0 Å². The summed E-state index contributed by atoms with van der Waals surface area (Å²) < 4.78 is 0. The monoisotopic (exact) mass is 149 g/mol. The van der Waals surface area contributed by atoms with E-state index in [0.717, 1.165) is 13.0 Å². The lowest BCUT2D eigenvalue weighted by atomic mass is 10.1. The number of hydrogen-bond donors (Lipinski definition) is 1. The molecule has 0 unspecified atom stereocenters. The Morgan fingerprint density at radius 1 is 1.45 bits per heavy atom. The van der Waals surface area contributed by atoms with E-state index in [0.29, 0.717) is 0 Å². The SMILES string of the molecule is C#CC(C)(C)NCCC#CC. The summed E-state index contributed by atoms with van der Waals surface area (Å²) in [5.74, 6) is 8.45. The van der Waals surface area contributed by atoms with Gasteiger partial charge in [-0.25, -0.2) is 0 Å². The molecule has 0 spiro atoms. The smallest absolute Gasteiger partial charge is 0.0741 e. The maximum Gasteiger partial charge on any atom is 0.0741 e. The van der Waals surface area contributed by atoms with Gasteiger partial charge in [-0.05, 0) is 20.8 Å². The lowest BCUT2D eigenvalue weighted by Gasteiger charge is -2.18. The fraction of sp³-hybridized carbons (Fsp3) is 0.600. The molecule has 1 nitrogen and oxygen atoms in total. The van der Waals surface area contributed by atoms with Crippen LogP contribution in [-0.2, 0) is 0 Å². The Kier molecular flexibility index (Phi) is 4.42.